The Kier molecular flexibility index (Phi) is 5.30. The van der Waals surface area contributed by atoms with Gasteiger partial charge in [-0.1, -0.05) is 25.5 Å². The van der Waals surface area contributed by atoms with E-state index in [1.54, 1.807) is 6.08 Å². The van der Waals surface area contributed by atoms with Crippen LogP contribution in [0.25, 0.3) is 0 Å². The maximum Gasteiger partial charge on any atom is 0.330 e. The Labute approximate surface area is 98.4 Å². The smallest absolute Gasteiger partial charge is 0.330 e. The quantitative estimate of drug-likeness (QED) is 0.375. The Morgan fingerprint density at radius 1 is 1.38 bits per heavy atom. The number of carbonyl (C=O) groups excluding carboxylic acids is 1. The van der Waals surface area contributed by atoms with Gasteiger partial charge in [-0.15, -0.1) is 6.58 Å². The first-order valence-electron chi connectivity index (χ1n) is 6.20. The van der Waals surface area contributed by atoms with Crippen molar-refractivity contribution in [2.75, 3.05) is 6.61 Å². The lowest BCUT2D eigenvalue weighted by molar-refractivity contribution is -0.137. The number of carbonyl (C=O) groups is 1. The molecule has 0 aromatic rings. The van der Waals surface area contributed by atoms with E-state index in [1.807, 2.05) is 19.1 Å². The van der Waals surface area contributed by atoms with E-state index in [0.29, 0.717) is 18.4 Å². The van der Waals surface area contributed by atoms with E-state index in [-0.39, 0.29) is 5.97 Å². The van der Waals surface area contributed by atoms with Gasteiger partial charge in [-0.3, -0.25) is 0 Å². The van der Waals surface area contributed by atoms with Gasteiger partial charge in [0, 0.05) is 6.08 Å². The summed E-state index contributed by atoms with van der Waals surface area (Å²) in [5.41, 5.74) is 0. The molecule has 0 radical (unpaired) electrons. The van der Waals surface area contributed by atoms with Crippen molar-refractivity contribution in [2.45, 2.75) is 33.1 Å². The van der Waals surface area contributed by atoms with Gasteiger partial charge in [0.15, 0.2) is 0 Å². The summed E-state index contributed by atoms with van der Waals surface area (Å²) in [7, 11) is 0. The van der Waals surface area contributed by atoms with Gasteiger partial charge in [0.25, 0.3) is 0 Å². The van der Waals surface area contributed by atoms with Crippen LogP contribution in [-0.4, -0.2) is 12.6 Å². The highest BCUT2D eigenvalue weighted by Gasteiger charge is 2.45. The lowest BCUT2D eigenvalue weighted by Crippen LogP contribution is -1.99. The van der Waals surface area contributed by atoms with Gasteiger partial charge in [0.2, 0.25) is 0 Å². The van der Waals surface area contributed by atoms with E-state index in [1.165, 1.54) is 12.8 Å². The van der Waals surface area contributed by atoms with Gasteiger partial charge in [-0.05, 0) is 37.5 Å². The molecule has 0 aliphatic heterocycles. The Morgan fingerprint density at radius 2 is 2.12 bits per heavy atom. The molecule has 16 heavy (non-hydrogen) atoms. The summed E-state index contributed by atoms with van der Waals surface area (Å²) < 4.78 is 4.86. The van der Waals surface area contributed by atoms with E-state index >= 15 is 0 Å². The topological polar surface area (TPSA) is 26.3 Å². The van der Waals surface area contributed by atoms with Crippen LogP contribution in [0.4, 0.5) is 0 Å². The molecule has 1 saturated carbocycles. The third-order valence-corrected chi connectivity index (χ3v) is 3.20. The molecule has 1 rings (SSSR count). The molecular weight excluding hydrogens is 200 g/mol. The lowest BCUT2D eigenvalue weighted by atomic mass is 10.1. The summed E-state index contributed by atoms with van der Waals surface area (Å²) >= 11 is 0. The van der Waals surface area contributed by atoms with E-state index in [4.69, 9.17) is 4.74 Å². The van der Waals surface area contributed by atoms with Crippen LogP contribution in [-0.2, 0) is 9.53 Å². The van der Waals surface area contributed by atoms with Crippen LogP contribution in [0.3, 0.4) is 0 Å². The molecule has 1 aliphatic rings. The van der Waals surface area contributed by atoms with Gasteiger partial charge in [-0.2, -0.15) is 0 Å². The normalized spacial score (nSPS) is 28.0. The zero-order valence-electron chi connectivity index (χ0n) is 10.3. The summed E-state index contributed by atoms with van der Waals surface area (Å²) in [6.07, 6.45) is 9.10. The summed E-state index contributed by atoms with van der Waals surface area (Å²) in [6, 6.07) is 0. The molecule has 2 nitrogen and oxygen atoms in total. The molecule has 0 aromatic heterocycles. The van der Waals surface area contributed by atoms with Crippen molar-refractivity contribution in [3.8, 4) is 0 Å². The van der Waals surface area contributed by atoms with Crippen LogP contribution in [0.1, 0.15) is 33.1 Å². The highest BCUT2D eigenvalue weighted by Crippen LogP contribution is 2.52. The van der Waals surface area contributed by atoms with E-state index in [0.717, 1.165) is 12.3 Å². The van der Waals surface area contributed by atoms with Crippen LogP contribution >= 0.6 is 0 Å². The van der Waals surface area contributed by atoms with Crippen LogP contribution in [0.15, 0.2) is 24.8 Å². The molecule has 0 spiro atoms. The lowest BCUT2D eigenvalue weighted by Gasteiger charge is -1.94. The van der Waals surface area contributed by atoms with Crippen LogP contribution < -0.4 is 0 Å². The summed E-state index contributed by atoms with van der Waals surface area (Å²) in [5.74, 6) is 1.78. The number of hydrogen-bond donors (Lipinski definition) is 0. The van der Waals surface area contributed by atoms with E-state index in [2.05, 4.69) is 13.5 Å². The maximum atomic E-state index is 11.2. The second kappa shape index (κ2) is 6.51. The monoisotopic (exact) mass is 222 g/mol. The largest absolute Gasteiger partial charge is 0.463 e. The molecule has 0 aromatic carbocycles. The predicted molar refractivity (Wildman–Crippen MR) is 66.0 cm³/mol. The average molecular weight is 222 g/mol. The fourth-order valence-corrected chi connectivity index (χ4v) is 2.40. The molecule has 1 aliphatic carbocycles. The highest BCUT2D eigenvalue weighted by molar-refractivity contribution is 5.82. The zero-order valence-corrected chi connectivity index (χ0v) is 10.3. The van der Waals surface area contributed by atoms with Crippen molar-refractivity contribution in [2.24, 2.45) is 17.8 Å². The predicted octanol–water partition coefficient (Wildman–Crippen LogP) is 3.34. The van der Waals surface area contributed by atoms with E-state index in [9.17, 15) is 4.79 Å². The Morgan fingerprint density at radius 3 is 2.69 bits per heavy atom. The summed E-state index contributed by atoms with van der Waals surface area (Å²) in [6.45, 7) is 8.25. The first-order valence-corrected chi connectivity index (χ1v) is 6.20. The van der Waals surface area contributed by atoms with Crippen molar-refractivity contribution in [3.05, 3.63) is 24.8 Å². The number of esters is 1. The zero-order chi connectivity index (χ0) is 12.0. The molecule has 0 saturated heterocycles. The van der Waals surface area contributed by atoms with Gasteiger partial charge < -0.3 is 4.74 Å². The fourth-order valence-electron chi connectivity index (χ4n) is 2.40. The van der Waals surface area contributed by atoms with Crippen molar-refractivity contribution >= 4 is 5.97 Å². The van der Waals surface area contributed by atoms with Crippen molar-refractivity contribution in [1.82, 2.24) is 0 Å². The maximum absolute atomic E-state index is 11.2. The van der Waals surface area contributed by atoms with Gasteiger partial charge >= 0.3 is 5.97 Å². The minimum atomic E-state index is -0.220. The standard InChI is InChI=1S/C14H22O2/c1-4-7-11-12(8-5-2)13(11)9-10-14(15)16-6-3/h4,9-13H,1,5-8H2,2-3H3/b10-9+/t11-,12+,13+/m0/s1. The molecule has 3 atom stereocenters. The Balaban J connectivity index is 2.41. The second-order valence-corrected chi connectivity index (χ2v) is 4.33. The van der Waals surface area contributed by atoms with Crippen molar-refractivity contribution < 1.29 is 9.53 Å². The molecule has 0 bridgehead atoms. The van der Waals surface area contributed by atoms with Crippen molar-refractivity contribution in [3.63, 3.8) is 0 Å². The summed E-state index contributed by atoms with van der Waals surface area (Å²) in [4.78, 5) is 11.2. The fraction of sp³-hybridized carbons (Fsp3) is 0.643. The van der Waals surface area contributed by atoms with Crippen LogP contribution in [0.5, 0.6) is 0 Å². The number of allylic oxidation sites excluding steroid dienone is 2. The molecular formula is C14H22O2. The minimum Gasteiger partial charge on any atom is -0.463 e. The Hall–Kier alpha value is -1.05. The second-order valence-electron chi connectivity index (χ2n) is 4.33. The van der Waals surface area contributed by atoms with E-state index < -0.39 is 0 Å². The number of rotatable bonds is 7. The molecule has 0 unspecified atom stereocenters. The molecule has 1 fully saturated rings. The van der Waals surface area contributed by atoms with Gasteiger partial charge in [0.1, 0.15) is 0 Å². The molecule has 90 valence electrons. The van der Waals surface area contributed by atoms with Crippen LogP contribution in [0.2, 0.25) is 0 Å². The molecule has 0 amide bonds. The molecule has 0 heterocycles. The minimum absolute atomic E-state index is 0.220. The average Bonchev–Trinajstić information content (AvgIpc) is 2.90. The van der Waals surface area contributed by atoms with Gasteiger partial charge in [-0.25, -0.2) is 4.79 Å². The third-order valence-electron chi connectivity index (χ3n) is 3.20. The first kappa shape index (κ1) is 13.0. The first-order chi connectivity index (χ1) is 7.74. The summed E-state index contributed by atoms with van der Waals surface area (Å²) in [5, 5.41) is 0. The number of ether oxygens (including phenoxy) is 1. The third kappa shape index (κ3) is 3.51. The molecule has 2 heteroatoms. The van der Waals surface area contributed by atoms with Crippen molar-refractivity contribution in [1.29, 1.82) is 0 Å². The van der Waals surface area contributed by atoms with Gasteiger partial charge in [0.05, 0.1) is 6.61 Å². The molecule has 0 N–H and O–H groups in total. The SMILES string of the molecule is C=CC[C@@H]1[C@@H](/C=C/C(=O)OCC)[C@@H]1CCC. The highest BCUT2D eigenvalue weighted by atomic mass is 16.5. The van der Waals surface area contributed by atoms with Crippen LogP contribution in [0, 0.1) is 17.8 Å². The number of hydrogen-bond acceptors (Lipinski definition) is 2. The Bertz CT molecular complexity index is 268.